The largest absolute Gasteiger partial charge is 0.376 e. The normalized spacial score (nSPS) is 9.45. The number of nitrogens with two attached hydrogens (primary N) is 1. The van der Waals surface area contributed by atoms with E-state index in [9.17, 15) is 0 Å². The van der Waals surface area contributed by atoms with Gasteiger partial charge in [-0.2, -0.15) is 5.10 Å². The van der Waals surface area contributed by atoms with Crippen LogP contribution >= 0.6 is 12.2 Å². The van der Waals surface area contributed by atoms with Crippen LogP contribution in [-0.2, 0) is 6.54 Å². The molecular weight excluding hydrogens is 160 g/mol. The minimum atomic E-state index is 0.331. The number of thiocarbonyl (C=S) groups is 1. The van der Waals surface area contributed by atoms with Crippen molar-refractivity contribution in [2.45, 2.75) is 6.54 Å². The molecule has 0 aromatic carbocycles. The molecule has 11 heavy (non-hydrogen) atoms. The number of nitrogens with one attached hydrogen (secondary N) is 1. The number of aromatic nitrogens is 2. The summed E-state index contributed by atoms with van der Waals surface area (Å²) in [4.78, 5) is 0. The Morgan fingerprint density at radius 2 is 2.55 bits per heavy atom. The molecule has 1 heterocycles. The molecular formula is C6H10N4S. The van der Waals surface area contributed by atoms with Crippen molar-refractivity contribution < 1.29 is 0 Å². The molecule has 0 aliphatic carbocycles. The second kappa shape index (κ2) is 3.92. The van der Waals surface area contributed by atoms with Crippen molar-refractivity contribution in [3.05, 3.63) is 18.5 Å². The van der Waals surface area contributed by atoms with Crippen LogP contribution in [-0.4, -0.2) is 21.4 Å². The van der Waals surface area contributed by atoms with E-state index in [0.29, 0.717) is 5.11 Å². The molecule has 0 aliphatic rings. The van der Waals surface area contributed by atoms with Gasteiger partial charge >= 0.3 is 0 Å². The van der Waals surface area contributed by atoms with Gasteiger partial charge in [-0.3, -0.25) is 4.68 Å². The second-order valence-corrected chi connectivity index (χ2v) is 2.50. The third kappa shape index (κ3) is 2.99. The second-order valence-electron chi connectivity index (χ2n) is 2.06. The first-order chi connectivity index (χ1) is 5.29. The average Bonchev–Trinajstić information content (AvgIpc) is 2.39. The molecule has 0 bridgehead atoms. The van der Waals surface area contributed by atoms with E-state index >= 15 is 0 Å². The monoisotopic (exact) mass is 170 g/mol. The van der Waals surface area contributed by atoms with Gasteiger partial charge in [-0.05, 0) is 18.3 Å². The highest BCUT2D eigenvalue weighted by Crippen LogP contribution is 1.81. The fraction of sp³-hybridized carbons (Fsp3) is 0.333. The van der Waals surface area contributed by atoms with Crippen molar-refractivity contribution in [3.8, 4) is 0 Å². The Bertz CT molecular complexity index is 218. The molecule has 1 aromatic heterocycles. The first-order valence-corrected chi connectivity index (χ1v) is 3.70. The van der Waals surface area contributed by atoms with Crippen LogP contribution in [0.4, 0.5) is 0 Å². The molecule has 0 saturated carbocycles. The number of nitrogens with zero attached hydrogens (tertiary/aromatic N) is 2. The van der Waals surface area contributed by atoms with Crippen LogP contribution in [0.2, 0.25) is 0 Å². The van der Waals surface area contributed by atoms with E-state index < -0.39 is 0 Å². The van der Waals surface area contributed by atoms with Crippen molar-refractivity contribution in [1.29, 1.82) is 0 Å². The lowest BCUT2D eigenvalue weighted by Gasteiger charge is -2.02. The van der Waals surface area contributed by atoms with Crippen molar-refractivity contribution >= 4 is 17.3 Å². The highest BCUT2D eigenvalue weighted by molar-refractivity contribution is 7.80. The molecule has 0 unspecified atom stereocenters. The molecule has 4 nitrogen and oxygen atoms in total. The first kappa shape index (κ1) is 8.00. The van der Waals surface area contributed by atoms with E-state index in [2.05, 4.69) is 22.6 Å². The van der Waals surface area contributed by atoms with Gasteiger partial charge in [0.05, 0.1) is 6.54 Å². The zero-order valence-corrected chi connectivity index (χ0v) is 6.84. The van der Waals surface area contributed by atoms with E-state index in [1.54, 1.807) is 6.20 Å². The highest BCUT2D eigenvalue weighted by Gasteiger charge is 1.89. The quantitative estimate of drug-likeness (QED) is 0.612. The topological polar surface area (TPSA) is 55.9 Å². The fourth-order valence-corrected chi connectivity index (χ4v) is 0.828. The standard InChI is InChI=1S/C6H10N4S/c7-6(11)8-3-5-10-4-1-2-9-10/h1-2,4H,3,5H2,(H3,7,8,11). The van der Waals surface area contributed by atoms with Crippen LogP contribution in [0.3, 0.4) is 0 Å². The van der Waals surface area contributed by atoms with E-state index in [-0.39, 0.29) is 0 Å². The number of rotatable bonds is 3. The molecule has 0 aliphatic heterocycles. The van der Waals surface area contributed by atoms with Gasteiger partial charge in [-0.1, -0.05) is 0 Å². The minimum Gasteiger partial charge on any atom is -0.376 e. The van der Waals surface area contributed by atoms with E-state index in [1.165, 1.54) is 0 Å². The van der Waals surface area contributed by atoms with Crippen LogP contribution in [0, 0.1) is 0 Å². The molecule has 0 saturated heterocycles. The molecule has 0 fully saturated rings. The SMILES string of the molecule is NC(=S)NCCn1cccn1. The van der Waals surface area contributed by atoms with E-state index in [1.807, 2.05) is 16.9 Å². The fourth-order valence-electron chi connectivity index (χ4n) is 0.726. The zero-order chi connectivity index (χ0) is 8.10. The summed E-state index contributed by atoms with van der Waals surface area (Å²) < 4.78 is 1.81. The Morgan fingerprint density at radius 1 is 1.73 bits per heavy atom. The molecule has 1 rings (SSSR count). The van der Waals surface area contributed by atoms with Gasteiger partial charge in [-0.25, -0.2) is 0 Å². The Kier molecular flexibility index (Phi) is 2.85. The summed E-state index contributed by atoms with van der Waals surface area (Å²) in [7, 11) is 0. The third-order valence-electron chi connectivity index (χ3n) is 1.20. The minimum absolute atomic E-state index is 0.331. The molecule has 0 spiro atoms. The lowest BCUT2D eigenvalue weighted by atomic mass is 10.6. The maximum Gasteiger partial charge on any atom is 0.163 e. The Labute approximate surface area is 70.4 Å². The van der Waals surface area contributed by atoms with Gasteiger partial charge in [0, 0.05) is 18.9 Å². The molecule has 60 valence electrons. The smallest absolute Gasteiger partial charge is 0.163 e. The van der Waals surface area contributed by atoms with Crippen molar-refractivity contribution in [2.75, 3.05) is 6.54 Å². The maximum atomic E-state index is 5.22. The third-order valence-corrected chi connectivity index (χ3v) is 1.34. The van der Waals surface area contributed by atoms with Crippen LogP contribution in [0.5, 0.6) is 0 Å². The van der Waals surface area contributed by atoms with Crippen molar-refractivity contribution in [1.82, 2.24) is 15.1 Å². The number of hydrogen-bond donors (Lipinski definition) is 2. The molecule has 0 amide bonds. The molecule has 1 aromatic rings. The number of hydrogen-bond acceptors (Lipinski definition) is 2. The summed E-state index contributed by atoms with van der Waals surface area (Å²) in [5.74, 6) is 0. The van der Waals surface area contributed by atoms with Gasteiger partial charge in [-0.15, -0.1) is 0 Å². The van der Waals surface area contributed by atoms with Gasteiger partial charge in [0.25, 0.3) is 0 Å². The van der Waals surface area contributed by atoms with Crippen LogP contribution in [0.1, 0.15) is 0 Å². The summed E-state index contributed by atoms with van der Waals surface area (Å²) in [6.45, 7) is 1.50. The predicted molar refractivity (Wildman–Crippen MR) is 47.0 cm³/mol. The van der Waals surface area contributed by atoms with E-state index in [4.69, 9.17) is 5.73 Å². The van der Waals surface area contributed by atoms with Crippen molar-refractivity contribution in [3.63, 3.8) is 0 Å². The predicted octanol–water partition coefficient (Wildman–Crippen LogP) is -0.284. The summed E-state index contributed by atoms with van der Waals surface area (Å²) in [6, 6.07) is 1.88. The van der Waals surface area contributed by atoms with Gasteiger partial charge in [0.2, 0.25) is 0 Å². The highest BCUT2D eigenvalue weighted by atomic mass is 32.1. The Morgan fingerprint density at radius 3 is 3.09 bits per heavy atom. The average molecular weight is 170 g/mol. The van der Waals surface area contributed by atoms with Gasteiger partial charge < -0.3 is 11.1 Å². The lowest BCUT2D eigenvalue weighted by Crippen LogP contribution is -2.31. The summed E-state index contributed by atoms with van der Waals surface area (Å²) in [5, 5.41) is 7.17. The first-order valence-electron chi connectivity index (χ1n) is 3.30. The van der Waals surface area contributed by atoms with Gasteiger partial charge in [0.15, 0.2) is 5.11 Å². The van der Waals surface area contributed by atoms with E-state index in [0.717, 1.165) is 13.1 Å². The lowest BCUT2D eigenvalue weighted by molar-refractivity contribution is 0.604. The molecule has 5 heteroatoms. The zero-order valence-electron chi connectivity index (χ0n) is 6.03. The Hall–Kier alpha value is -1.10. The maximum absolute atomic E-state index is 5.22. The summed E-state index contributed by atoms with van der Waals surface area (Å²) in [5.41, 5.74) is 5.22. The molecule has 0 radical (unpaired) electrons. The Balaban J connectivity index is 2.19. The van der Waals surface area contributed by atoms with Crippen LogP contribution in [0.15, 0.2) is 18.5 Å². The molecule has 3 N–H and O–H groups in total. The molecule has 0 atom stereocenters. The summed E-state index contributed by atoms with van der Waals surface area (Å²) in [6.07, 6.45) is 3.63. The van der Waals surface area contributed by atoms with Gasteiger partial charge in [0.1, 0.15) is 0 Å². The van der Waals surface area contributed by atoms with Crippen LogP contribution in [0.25, 0.3) is 0 Å². The van der Waals surface area contributed by atoms with Crippen LogP contribution < -0.4 is 11.1 Å². The summed E-state index contributed by atoms with van der Waals surface area (Å²) >= 11 is 4.63. The van der Waals surface area contributed by atoms with Crippen molar-refractivity contribution in [2.24, 2.45) is 5.73 Å².